The molecular formula is C27H32BrN5O3S. The Labute approximate surface area is 227 Å². The highest BCUT2D eigenvalue weighted by atomic mass is 79.9. The molecule has 8 nitrogen and oxygen atoms in total. The fraction of sp³-hybridized carbons (Fsp3) is 0.519. The van der Waals surface area contributed by atoms with Crippen LogP contribution in [0.5, 0.6) is 0 Å². The molecule has 2 amide bonds. The summed E-state index contributed by atoms with van der Waals surface area (Å²) in [4.78, 5) is 19.8. The van der Waals surface area contributed by atoms with Crippen LogP contribution in [0.25, 0.3) is 0 Å². The van der Waals surface area contributed by atoms with Crippen molar-refractivity contribution in [3.63, 3.8) is 0 Å². The summed E-state index contributed by atoms with van der Waals surface area (Å²) >= 11 is 3.42. The van der Waals surface area contributed by atoms with Crippen LogP contribution in [0.3, 0.4) is 0 Å². The highest BCUT2D eigenvalue weighted by molar-refractivity contribution is 9.10. The average Bonchev–Trinajstić information content (AvgIpc) is 3.62. The van der Waals surface area contributed by atoms with Gasteiger partial charge in [-0.1, -0.05) is 12.1 Å². The van der Waals surface area contributed by atoms with Gasteiger partial charge in [-0.2, -0.15) is 5.26 Å². The Morgan fingerprint density at radius 1 is 1.27 bits per heavy atom. The Balaban J connectivity index is 1.31. The van der Waals surface area contributed by atoms with Gasteiger partial charge in [0.25, 0.3) is 0 Å². The van der Waals surface area contributed by atoms with Gasteiger partial charge in [-0.25, -0.2) is 17.5 Å². The Morgan fingerprint density at radius 3 is 2.73 bits per heavy atom. The molecule has 0 bridgehead atoms. The molecule has 0 radical (unpaired) electrons. The van der Waals surface area contributed by atoms with Crippen LogP contribution in [0.15, 0.2) is 47.2 Å². The number of sulfonamides is 1. The molecule has 3 aliphatic rings. The number of nitrogens with one attached hydrogen (secondary N) is 1. The topological polar surface area (TPSA) is 106 Å². The van der Waals surface area contributed by atoms with Gasteiger partial charge >= 0.3 is 6.03 Å². The first kappa shape index (κ1) is 26.1. The lowest BCUT2D eigenvalue weighted by atomic mass is 9.79. The zero-order valence-electron chi connectivity index (χ0n) is 20.9. The number of piperidine rings is 1. The maximum atomic E-state index is 13.6. The lowest BCUT2D eigenvalue weighted by molar-refractivity contribution is 0.132. The van der Waals surface area contributed by atoms with Crippen molar-refractivity contribution >= 4 is 37.7 Å². The molecule has 2 saturated carbocycles. The molecule has 2 aliphatic carbocycles. The van der Waals surface area contributed by atoms with Crippen LogP contribution >= 0.6 is 15.9 Å². The number of rotatable bonds is 6. The van der Waals surface area contributed by atoms with Crippen molar-refractivity contribution in [3.05, 3.63) is 58.3 Å². The van der Waals surface area contributed by atoms with Crippen molar-refractivity contribution in [2.75, 3.05) is 31.2 Å². The van der Waals surface area contributed by atoms with E-state index in [0.717, 1.165) is 43.0 Å². The molecule has 1 aliphatic heterocycles. The van der Waals surface area contributed by atoms with E-state index in [2.05, 4.69) is 38.4 Å². The number of aromatic nitrogens is 1. The first-order chi connectivity index (χ1) is 17.7. The second-order valence-electron chi connectivity index (χ2n) is 10.8. The van der Waals surface area contributed by atoms with Crippen molar-refractivity contribution in [3.8, 4) is 6.07 Å². The third kappa shape index (κ3) is 5.69. The minimum atomic E-state index is -3.19. The molecular weight excluding hydrogens is 554 g/mol. The Hall–Kier alpha value is -2.48. The van der Waals surface area contributed by atoms with Gasteiger partial charge in [0.15, 0.2) is 0 Å². The number of carbonyl (C=O) groups excluding carboxylic acids is 1. The normalized spacial score (nSPS) is 26.1. The van der Waals surface area contributed by atoms with Crippen LogP contribution < -0.4 is 5.32 Å². The summed E-state index contributed by atoms with van der Waals surface area (Å²) in [5, 5.41) is 12.4. The summed E-state index contributed by atoms with van der Waals surface area (Å²) in [5.41, 5.74) is 2.71. The number of pyridine rings is 1. The third-order valence-electron chi connectivity index (χ3n) is 8.43. The summed E-state index contributed by atoms with van der Waals surface area (Å²) in [7, 11) is -3.19. The number of halogens is 1. The van der Waals surface area contributed by atoms with Crippen LogP contribution in [0.4, 0.5) is 10.5 Å². The van der Waals surface area contributed by atoms with E-state index >= 15 is 0 Å². The fourth-order valence-corrected chi connectivity index (χ4v) is 7.56. The minimum Gasteiger partial charge on any atom is -0.321 e. The molecule has 37 heavy (non-hydrogen) atoms. The van der Waals surface area contributed by atoms with Crippen molar-refractivity contribution in [2.24, 2.45) is 11.8 Å². The van der Waals surface area contributed by atoms with E-state index in [0.29, 0.717) is 36.8 Å². The molecule has 0 spiro atoms. The number of nitrogens with zero attached hydrogens (tertiary/aromatic N) is 4. The van der Waals surface area contributed by atoms with E-state index in [4.69, 9.17) is 0 Å². The highest BCUT2D eigenvalue weighted by Gasteiger charge is 2.58. The van der Waals surface area contributed by atoms with Gasteiger partial charge in [0.2, 0.25) is 10.0 Å². The van der Waals surface area contributed by atoms with Gasteiger partial charge in [-0.15, -0.1) is 0 Å². The molecule has 2 heterocycles. The Kier molecular flexibility index (Phi) is 7.31. The molecule has 1 saturated heterocycles. The van der Waals surface area contributed by atoms with Crippen LogP contribution in [0.1, 0.15) is 49.7 Å². The number of urea groups is 1. The number of hydrogen-bond donors (Lipinski definition) is 1. The van der Waals surface area contributed by atoms with Gasteiger partial charge in [0, 0.05) is 36.3 Å². The van der Waals surface area contributed by atoms with Crippen LogP contribution in [-0.4, -0.2) is 60.6 Å². The maximum absolute atomic E-state index is 13.6. The number of amides is 2. The predicted molar refractivity (Wildman–Crippen MR) is 145 cm³/mol. The summed E-state index contributed by atoms with van der Waals surface area (Å²) < 4.78 is 26.2. The molecule has 196 valence electrons. The van der Waals surface area contributed by atoms with Crippen LogP contribution in [0.2, 0.25) is 0 Å². The smallest absolute Gasteiger partial charge is 0.321 e. The summed E-state index contributed by atoms with van der Waals surface area (Å²) in [6.45, 7) is 1.61. The van der Waals surface area contributed by atoms with Gasteiger partial charge in [-0.3, -0.25) is 4.98 Å². The lowest BCUT2D eigenvalue weighted by Crippen LogP contribution is -2.49. The molecule has 1 aromatic heterocycles. The monoisotopic (exact) mass is 585 g/mol. The number of carbonyl (C=O) groups is 1. The van der Waals surface area contributed by atoms with Gasteiger partial charge in [0.1, 0.15) is 0 Å². The number of fused-ring (bicyclic) bond motifs is 1. The minimum absolute atomic E-state index is 0.118. The standard InChI is InChI=1S/C27H32BrN5O3S/c1-37(35,36)32-9-6-19(7-10-32)18-33(26(34)31-24-13-23(28)16-30-17-24)25-5-8-27(14-22(27)12-25)21-4-2-3-20(11-21)15-29/h2-4,11,13,16-17,19,22,25H,5-10,12,14,18H2,1H3,(H,31,34)/t22?,25-,27-/m1/s1. The number of nitriles is 1. The molecule has 3 fully saturated rings. The fourth-order valence-electron chi connectivity index (χ4n) is 6.32. The summed E-state index contributed by atoms with van der Waals surface area (Å²) in [5.74, 6) is 0.748. The van der Waals surface area contributed by atoms with Gasteiger partial charge < -0.3 is 10.2 Å². The van der Waals surface area contributed by atoms with Crippen molar-refractivity contribution in [1.29, 1.82) is 5.26 Å². The van der Waals surface area contributed by atoms with Crippen LogP contribution in [0, 0.1) is 23.2 Å². The molecule has 3 atom stereocenters. The van der Waals surface area contributed by atoms with E-state index in [1.807, 2.05) is 29.2 Å². The largest absolute Gasteiger partial charge is 0.322 e. The molecule has 10 heteroatoms. The maximum Gasteiger partial charge on any atom is 0.322 e. The Morgan fingerprint density at radius 2 is 2.05 bits per heavy atom. The quantitative estimate of drug-likeness (QED) is 0.527. The molecule has 2 aromatic rings. The van der Waals surface area contributed by atoms with Gasteiger partial charge in [0.05, 0.1) is 29.8 Å². The average molecular weight is 587 g/mol. The van der Waals surface area contributed by atoms with E-state index in [1.54, 1.807) is 12.4 Å². The number of benzene rings is 1. The molecule has 1 N–H and O–H groups in total. The van der Waals surface area contributed by atoms with E-state index in [9.17, 15) is 18.5 Å². The van der Waals surface area contributed by atoms with Gasteiger partial charge in [-0.05, 0) is 95.5 Å². The second kappa shape index (κ2) is 10.4. The van der Waals surface area contributed by atoms with Crippen molar-refractivity contribution in [1.82, 2.24) is 14.2 Å². The first-order valence-corrected chi connectivity index (χ1v) is 15.5. The lowest BCUT2D eigenvalue weighted by Gasteiger charge is -2.40. The predicted octanol–water partition coefficient (Wildman–Crippen LogP) is 4.73. The first-order valence-electron chi connectivity index (χ1n) is 12.8. The zero-order valence-corrected chi connectivity index (χ0v) is 23.3. The Bertz CT molecular complexity index is 1320. The number of anilines is 1. The molecule has 1 aromatic carbocycles. The zero-order chi connectivity index (χ0) is 26.2. The van der Waals surface area contributed by atoms with Crippen molar-refractivity contribution < 1.29 is 13.2 Å². The van der Waals surface area contributed by atoms with Crippen molar-refractivity contribution in [2.45, 2.75) is 50.0 Å². The van der Waals surface area contributed by atoms with Crippen LogP contribution in [-0.2, 0) is 15.4 Å². The van der Waals surface area contributed by atoms with E-state index < -0.39 is 10.0 Å². The summed E-state index contributed by atoms with van der Waals surface area (Å²) in [6.07, 6.45) is 9.99. The number of hydrogen-bond acceptors (Lipinski definition) is 5. The van der Waals surface area contributed by atoms with E-state index in [1.165, 1.54) is 16.1 Å². The SMILES string of the molecule is CS(=O)(=O)N1CCC(CN(C(=O)Nc2cncc(Br)c2)[C@@H]2CC[C@]3(c4cccc(C#N)c4)CC3C2)CC1. The second-order valence-corrected chi connectivity index (χ2v) is 13.7. The third-order valence-corrected chi connectivity index (χ3v) is 10.2. The van der Waals surface area contributed by atoms with E-state index in [-0.39, 0.29) is 23.4 Å². The highest BCUT2D eigenvalue weighted by Crippen LogP contribution is 2.63. The molecule has 5 rings (SSSR count). The molecule has 1 unspecified atom stereocenters. The summed E-state index contributed by atoms with van der Waals surface area (Å²) in [6, 6.07) is 12.1.